The zero-order valence-corrected chi connectivity index (χ0v) is 20.9. The van der Waals surface area contributed by atoms with E-state index in [0.717, 1.165) is 55.9 Å². The molecule has 1 N–H and O–H groups in total. The Balaban J connectivity index is 0.000000273. The van der Waals surface area contributed by atoms with Crippen LogP contribution in [-0.4, -0.2) is 48.1 Å². The lowest BCUT2D eigenvalue weighted by Gasteiger charge is -2.35. The van der Waals surface area contributed by atoms with Crippen LogP contribution in [0.25, 0.3) is 0 Å². The van der Waals surface area contributed by atoms with Gasteiger partial charge in [-0.15, -0.1) is 0 Å². The number of aliphatic hydroxyl groups excluding tert-OH is 1. The van der Waals surface area contributed by atoms with E-state index < -0.39 is 26.3 Å². The first-order valence-corrected chi connectivity index (χ1v) is 19.2. The Morgan fingerprint density at radius 1 is 0.731 bits per heavy atom. The van der Waals surface area contributed by atoms with Crippen LogP contribution in [0.15, 0.2) is 0 Å². The highest BCUT2D eigenvalue weighted by Gasteiger charge is 2.32. The fourth-order valence-electron chi connectivity index (χ4n) is 4.21. The fourth-order valence-corrected chi connectivity index (χ4v) is 9.03. The van der Waals surface area contributed by atoms with Gasteiger partial charge in [0.1, 0.15) is 0 Å². The van der Waals surface area contributed by atoms with Crippen molar-refractivity contribution in [2.45, 2.75) is 114 Å². The van der Waals surface area contributed by atoms with Crippen LogP contribution in [0, 0.1) is 0 Å². The molecule has 156 valence electrons. The molecular formula is C19H42O4SSi2. The minimum Gasteiger partial charge on any atom is -0.393 e. The van der Waals surface area contributed by atoms with E-state index in [1.165, 1.54) is 12.8 Å². The number of hydrogen-bond donors (Lipinski definition) is 1. The lowest BCUT2D eigenvalue weighted by atomic mass is 9.97. The molecule has 0 aromatic carbocycles. The van der Waals surface area contributed by atoms with Crippen molar-refractivity contribution >= 4 is 26.3 Å². The molecule has 2 saturated carbocycles. The highest BCUT2D eigenvalue weighted by Crippen LogP contribution is 2.38. The Bertz CT molecular complexity index is 507. The van der Waals surface area contributed by atoms with Crippen LogP contribution in [0.3, 0.4) is 0 Å². The van der Waals surface area contributed by atoms with E-state index in [9.17, 15) is 13.5 Å². The van der Waals surface area contributed by atoms with E-state index in [0.29, 0.717) is 0 Å². The largest absolute Gasteiger partial charge is 0.393 e. The molecule has 0 aromatic rings. The molecule has 26 heavy (non-hydrogen) atoms. The standard InChI is InChI=1S/C10H22O3SSi.C9H20OSi/c1-14(11,12)13-9-5-7-10(8-6-9)15(2,3)4;1-11(2,3)9-6-4-8(10)5-7-9/h9-10H,5-8H2,1-4H3;8-10H,4-7H2,1-3H3. The first kappa shape index (κ1) is 24.3. The van der Waals surface area contributed by atoms with Crippen molar-refractivity contribution in [1.82, 2.24) is 0 Å². The molecule has 0 aliphatic heterocycles. The Morgan fingerprint density at radius 2 is 1.08 bits per heavy atom. The van der Waals surface area contributed by atoms with Crippen molar-refractivity contribution in [3.63, 3.8) is 0 Å². The van der Waals surface area contributed by atoms with E-state index in [1.807, 2.05) is 0 Å². The molecule has 0 unspecified atom stereocenters. The molecule has 0 bridgehead atoms. The Hall–Kier alpha value is 0.304. The van der Waals surface area contributed by atoms with Gasteiger partial charge in [-0.1, -0.05) is 65.0 Å². The van der Waals surface area contributed by atoms with Gasteiger partial charge < -0.3 is 5.11 Å². The van der Waals surface area contributed by atoms with E-state index in [1.54, 1.807) is 0 Å². The molecule has 4 nitrogen and oxygen atoms in total. The minimum atomic E-state index is -3.27. The number of hydrogen-bond acceptors (Lipinski definition) is 4. The smallest absolute Gasteiger partial charge is 0.264 e. The third-order valence-electron chi connectivity index (χ3n) is 6.13. The molecule has 2 aliphatic carbocycles. The second-order valence-electron chi connectivity index (χ2n) is 10.5. The molecule has 0 aromatic heterocycles. The van der Waals surface area contributed by atoms with Crippen LogP contribution in [0.2, 0.25) is 50.4 Å². The van der Waals surface area contributed by atoms with Gasteiger partial charge in [0.25, 0.3) is 10.1 Å². The van der Waals surface area contributed by atoms with E-state index >= 15 is 0 Å². The molecule has 2 aliphatic rings. The average Bonchev–Trinajstić information content (AvgIpc) is 2.45. The van der Waals surface area contributed by atoms with E-state index in [-0.39, 0.29) is 12.2 Å². The summed E-state index contributed by atoms with van der Waals surface area (Å²) in [5.74, 6) is 0. The minimum absolute atomic E-state index is 0.0163. The maximum Gasteiger partial charge on any atom is 0.264 e. The molecule has 0 saturated heterocycles. The summed E-state index contributed by atoms with van der Waals surface area (Å²) in [6.07, 6.45) is 9.82. The van der Waals surface area contributed by atoms with Crippen molar-refractivity contribution in [2.75, 3.05) is 6.26 Å². The monoisotopic (exact) mass is 422 g/mol. The summed E-state index contributed by atoms with van der Waals surface area (Å²) in [6.45, 7) is 14.5. The molecule has 7 heteroatoms. The summed E-state index contributed by atoms with van der Waals surface area (Å²) >= 11 is 0. The Kier molecular flexibility index (Phi) is 9.06. The van der Waals surface area contributed by atoms with Crippen molar-refractivity contribution in [3.05, 3.63) is 0 Å². The van der Waals surface area contributed by atoms with Crippen molar-refractivity contribution < 1.29 is 17.7 Å². The van der Waals surface area contributed by atoms with Gasteiger partial charge in [0.2, 0.25) is 0 Å². The molecule has 0 radical (unpaired) electrons. The zero-order chi connectivity index (χ0) is 20.2. The Labute approximate surface area is 164 Å². The first-order chi connectivity index (χ1) is 11.7. The fraction of sp³-hybridized carbons (Fsp3) is 1.00. The first-order valence-electron chi connectivity index (χ1n) is 10.2. The zero-order valence-electron chi connectivity index (χ0n) is 18.0. The predicted octanol–water partition coefficient (Wildman–Crippen LogP) is 5.24. The van der Waals surface area contributed by atoms with Crippen molar-refractivity contribution in [3.8, 4) is 0 Å². The average molecular weight is 423 g/mol. The lowest BCUT2D eigenvalue weighted by Crippen LogP contribution is -2.33. The highest BCUT2D eigenvalue weighted by atomic mass is 32.2. The third-order valence-corrected chi connectivity index (χ3v) is 12.8. The Morgan fingerprint density at radius 3 is 1.38 bits per heavy atom. The van der Waals surface area contributed by atoms with Gasteiger partial charge >= 0.3 is 0 Å². The molecule has 2 fully saturated rings. The predicted molar refractivity (Wildman–Crippen MR) is 117 cm³/mol. The second-order valence-corrected chi connectivity index (χ2v) is 23.2. The van der Waals surface area contributed by atoms with Crippen LogP contribution in [0.5, 0.6) is 0 Å². The SMILES string of the molecule is C[Si](C)(C)C1CCC(O)CC1.C[Si](C)(C)C1CCC(OS(C)(=O)=O)CC1. The number of rotatable bonds is 4. The molecule has 0 heterocycles. The van der Waals surface area contributed by atoms with Crippen molar-refractivity contribution in [2.24, 2.45) is 0 Å². The van der Waals surface area contributed by atoms with Crippen LogP contribution >= 0.6 is 0 Å². The third kappa shape index (κ3) is 9.48. The van der Waals surface area contributed by atoms with Crippen LogP contribution in [0.1, 0.15) is 51.4 Å². The number of aliphatic hydroxyl groups is 1. The second kappa shape index (κ2) is 9.68. The highest BCUT2D eigenvalue weighted by molar-refractivity contribution is 7.86. The van der Waals surface area contributed by atoms with Gasteiger partial charge in [-0.3, -0.25) is 4.18 Å². The normalized spacial score (nSPS) is 31.1. The van der Waals surface area contributed by atoms with Gasteiger partial charge in [-0.25, -0.2) is 0 Å². The molecular weight excluding hydrogens is 380 g/mol. The molecule has 0 atom stereocenters. The summed E-state index contributed by atoms with van der Waals surface area (Å²) in [6, 6.07) is 0. The summed E-state index contributed by atoms with van der Waals surface area (Å²) in [5.41, 5.74) is 1.79. The summed E-state index contributed by atoms with van der Waals surface area (Å²) in [5, 5.41) is 9.31. The quantitative estimate of drug-likeness (QED) is 0.497. The van der Waals surface area contributed by atoms with Gasteiger partial charge in [-0.05, 0) is 36.8 Å². The molecule has 2 rings (SSSR count). The topological polar surface area (TPSA) is 63.6 Å². The van der Waals surface area contributed by atoms with Crippen molar-refractivity contribution in [1.29, 1.82) is 0 Å². The van der Waals surface area contributed by atoms with Crippen LogP contribution in [0.4, 0.5) is 0 Å². The lowest BCUT2D eigenvalue weighted by molar-refractivity contribution is 0.129. The maximum atomic E-state index is 11.0. The van der Waals surface area contributed by atoms with E-state index in [4.69, 9.17) is 4.18 Å². The molecule has 0 spiro atoms. The van der Waals surface area contributed by atoms with Crippen LogP contribution in [-0.2, 0) is 14.3 Å². The summed E-state index contributed by atoms with van der Waals surface area (Å²) < 4.78 is 27.0. The molecule has 0 amide bonds. The van der Waals surface area contributed by atoms with Gasteiger partial charge in [-0.2, -0.15) is 8.42 Å². The van der Waals surface area contributed by atoms with Gasteiger partial charge in [0.15, 0.2) is 0 Å². The summed E-state index contributed by atoms with van der Waals surface area (Å²) in [7, 11) is -5.21. The maximum absolute atomic E-state index is 11.0. The summed E-state index contributed by atoms with van der Waals surface area (Å²) in [4.78, 5) is 0. The van der Waals surface area contributed by atoms with Crippen LogP contribution < -0.4 is 0 Å². The van der Waals surface area contributed by atoms with Gasteiger partial charge in [0, 0.05) is 16.1 Å². The van der Waals surface area contributed by atoms with Gasteiger partial charge in [0.05, 0.1) is 18.5 Å². The van der Waals surface area contributed by atoms with E-state index in [2.05, 4.69) is 39.3 Å².